The zero-order valence-corrected chi connectivity index (χ0v) is 82.3. The highest BCUT2D eigenvalue weighted by molar-refractivity contribution is 6.00. The summed E-state index contributed by atoms with van der Waals surface area (Å²) in [4.78, 5) is 213. The van der Waals surface area contributed by atoms with Crippen molar-refractivity contribution in [2.24, 2.45) is 50.5 Å². The van der Waals surface area contributed by atoms with Gasteiger partial charge in [-0.1, -0.05) is 173 Å². The molecule has 14 amide bonds. The summed E-state index contributed by atoms with van der Waals surface area (Å²) in [6.45, 7) is 10.4. The Hall–Kier alpha value is -11.3. The number of rotatable bonds is 75. The van der Waals surface area contributed by atoms with Crippen LogP contribution in [0.4, 0.5) is 0 Å². The fraction of sp³-hybridized carbons (Fsp3) is 0.701. The second kappa shape index (κ2) is 69.5. The maximum atomic E-state index is 15.2. The van der Waals surface area contributed by atoms with E-state index in [9.17, 15) is 77.3 Å². The van der Waals surface area contributed by atoms with Crippen LogP contribution >= 0.6 is 0 Å². The number of nitrogens with one attached hydrogen (secondary N) is 12. The van der Waals surface area contributed by atoms with Crippen LogP contribution < -0.4 is 92.5 Å². The van der Waals surface area contributed by atoms with Crippen molar-refractivity contribution in [3.8, 4) is 5.75 Å². The van der Waals surface area contributed by atoms with Crippen LogP contribution in [0.1, 0.15) is 270 Å². The first kappa shape index (κ1) is 119. The van der Waals surface area contributed by atoms with Crippen LogP contribution in [0.3, 0.4) is 0 Å². The van der Waals surface area contributed by atoms with Crippen LogP contribution in [0, 0.1) is 11.8 Å². The summed E-state index contributed by atoms with van der Waals surface area (Å²) in [5, 5.41) is 53.2. The Morgan fingerprint density at radius 2 is 1.01 bits per heavy atom. The average molecular weight is 1940 g/mol. The van der Waals surface area contributed by atoms with Crippen molar-refractivity contribution in [1.82, 2.24) is 68.7 Å². The molecular formula is C97H162N20O21. The normalized spacial score (nSPS) is 16.1. The minimum Gasteiger partial charge on any atom is -0.508 e. The number of benzene rings is 2. The molecule has 2 aromatic rings. The molecule has 138 heavy (non-hydrogen) atoms. The van der Waals surface area contributed by atoms with Crippen LogP contribution in [0.2, 0.25) is 0 Å². The van der Waals surface area contributed by atoms with Crippen molar-refractivity contribution < 1.29 is 101 Å². The summed E-state index contributed by atoms with van der Waals surface area (Å²) in [5.74, 6) is -11.6. The Bertz CT molecular complexity index is 4080. The summed E-state index contributed by atoms with van der Waals surface area (Å²) < 4.78 is 22.3. The number of aliphatic imine (C=N–C) groups is 2. The van der Waals surface area contributed by atoms with Crippen molar-refractivity contribution >= 4 is 101 Å². The van der Waals surface area contributed by atoms with Gasteiger partial charge in [0, 0.05) is 90.6 Å². The van der Waals surface area contributed by atoms with Gasteiger partial charge in [-0.2, -0.15) is 0 Å². The number of hydrogen-bond acceptors (Lipinski definition) is 22. The minimum atomic E-state index is -1.88. The summed E-state index contributed by atoms with van der Waals surface area (Å²) in [6.07, 6.45) is 23.3. The second-order valence-electron chi connectivity index (χ2n) is 36.4. The number of carboxylic acids is 1. The molecule has 1 heterocycles. The highest BCUT2D eigenvalue weighted by Crippen LogP contribution is 2.27. The van der Waals surface area contributed by atoms with Crippen LogP contribution in [0.15, 0.2) is 64.6 Å². The van der Waals surface area contributed by atoms with Gasteiger partial charge in [0.05, 0.1) is 32.8 Å². The van der Waals surface area contributed by atoms with Crippen LogP contribution in [-0.4, -0.2) is 268 Å². The maximum Gasteiger partial charge on any atom is 0.326 e. The number of nitrogens with zero attached hydrogens (tertiary/aromatic N) is 3. The first-order valence-corrected chi connectivity index (χ1v) is 49.7. The highest BCUT2D eigenvalue weighted by atomic mass is 16.5. The third-order valence-corrected chi connectivity index (χ3v) is 24.0. The molecule has 9 atom stereocenters. The maximum absolute atomic E-state index is 15.2. The van der Waals surface area contributed by atoms with E-state index in [0.29, 0.717) is 88.5 Å². The number of likely N-dealkylation sites (tertiary alicyclic amines) is 1. The van der Waals surface area contributed by atoms with Gasteiger partial charge in [-0.15, -0.1) is 0 Å². The molecule has 1 saturated heterocycles. The lowest BCUT2D eigenvalue weighted by molar-refractivity contribution is -0.143. The number of phenols is 1. The van der Waals surface area contributed by atoms with E-state index in [4.69, 9.17) is 47.6 Å². The third kappa shape index (κ3) is 51.4. The van der Waals surface area contributed by atoms with Gasteiger partial charge in [0.2, 0.25) is 82.7 Å². The van der Waals surface area contributed by atoms with Crippen molar-refractivity contribution in [3.05, 3.63) is 65.7 Å². The number of unbranched alkanes of at least 4 members (excludes halogenated alkanes) is 15. The van der Waals surface area contributed by atoms with Crippen molar-refractivity contribution in [2.45, 2.75) is 332 Å². The lowest BCUT2D eigenvalue weighted by Crippen LogP contribution is -2.65. The molecule has 0 bridgehead atoms. The summed E-state index contributed by atoms with van der Waals surface area (Å²) >= 11 is 0. The number of guanidine groups is 2. The van der Waals surface area contributed by atoms with Gasteiger partial charge in [0.15, 0.2) is 11.9 Å². The van der Waals surface area contributed by atoms with E-state index < -0.39 is 144 Å². The molecule has 4 rings (SSSR count). The van der Waals surface area contributed by atoms with Crippen molar-refractivity contribution in [3.63, 3.8) is 0 Å². The molecule has 2 aromatic carbocycles. The number of amides is 14. The number of carboxylic acid groups (broad SMARTS) is 1. The molecule has 2 aliphatic rings. The van der Waals surface area contributed by atoms with E-state index in [2.05, 4.69) is 80.7 Å². The van der Waals surface area contributed by atoms with Crippen LogP contribution in [0.5, 0.6) is 5.75 Å². The predicted molar refractivity (Wildman–Crippen MR) is 522 cm³/mol. The zero-order valence-electron chi connectivity index (χ0n) is 82.3. The Kier molecular flexibility index (Phi) is 59.9. The fourth-order valence-electron chi connectivity index (χ4n) is 16.2. The lowest BCUT2D eigenvalue weighted by Gasteiger charge is -2.34. The van der Waals surface area contributed by atoms with Crippen LogP contribution in [0.25, 0.3) is 0 Å². The second-order valence-corrected chi connectivity index (χ2v) is 36.4. The Balaban J connectivity index is 1.23. The van der Waals surface area contributed by atoms with Crippen molar-refractivity contribution in [1.29, 1.82) is 0 Å². The molecule has 1 saturated carbocycles. The molecule has 0 unspecified atom stereocenters. The van der Waals surface area contributed by atoms with Gasteiger partial charge in [-0.3, -0.25) is 77.1 Å². The largest absolute Gasteiger partial charge is 0.508 e. The molecule has 41 heteroatoms. The average Bonchev–Trinajstić information content (AvgIpc) is 1.33. The summed E-state index contributed by atoms with van der Waals surface area (Å²) in [7, 11) is 1.46. The molecule has 0 radical (unpaired) electrons. The number of nitrogens with two attached hydrogens (primary N) is 5. The number of hydrogen-bond donors (Lipinski definition) is 19. The Morgan fingerprint density at radius 3 is 1.59 bits per heavy atom. The van der Waals surface area contributed by atoms with Gasteiger partial charge in [-0.05, 0) is 139 Å². The van der Waals surface area contributed by atoms with E-state index in [1.807, 2.05) is 20.8 Å². The van der Waals surface area contributed by atoms with E-state index >= 15 is 4.79 Å². The summed E-state index contributed by atoms with van der Waals surface area (Å²) in [5.41, 5.74) is 27.1. The molecule has 1 aliphatic heterocycles. The first-order chi connectivity index (χ1) is 66.1. The monoisotopic (exact) mass is 1940 g/mol. The third-order valence-electron chi connectivity index (χ3n) is 24.0. The highest BCUT2D eigenvalue weighted by Gasteiger charge is 2.43. The number of ether oxygens (including phenoxy) is 4. The van der Waals surface area contributed by atoms with E-state index in [1.54, 1.807) is 30.3 Å². The molecule has 0 spiro atoms. The van der Waals surface area contributed by atoms with Crippen molar-refractivity contribution in [2.75, 3.05) is 92.6 Å². The quantitative estimate of drug-likeness (QED) is 0.0257. The SMILES string of the molecule is CCCCCCCCCCCCCCCCCC(=O)NC1CCC(C(=O)N[C@@H](CCC(=O)NCCCOCCOCCOCCCNC(=O)COCC(=O)N[C@@H](Cc2ccc(O)cc2)C(=O)N[C@@](C)(Cc2ccccc2)C(=O)N[C@@H](CC(C)C)C(=O)N[C@@H](CCCC)C(=O)N[C@@H](CCCN=C(N)N)C(=O)N2CCC[C@H]2C(=O)N[C@@H](CCCNC(N)=NC)C(=O)N[C@@H](CC(N)=O)C(N)=O)C(=O)O)CC1. The Labute approximate surface area is 813 Å². The molecule has 24 N–H and O–H groups in total. The fourth-order valence-corrected chi connectivity index (χ4v) is 16.2. The molecular weight excluding hydrogens is 1780 g/mol. The van der Waals surface area contributed by atoms with E-state index in [0.717, 1.165) is 19.3 Å². The smallest absolute Gasteiger partial charge is 0.326 e. The van der Waals surface area contributed by atoms with Gasteiger partial charge in [-0.25, -0.2) is 4.79 Å². The number of carbonyl (C=O) groups excluding carboxylic acids is 14. The molecule has 41 nitrogen and oxygen atoms in total. The molecule has 0 aromatic heterocycles. The number of primary amides is 2. The predicted octanol–water partition coefficient (Wildman–Crippen LogP) is 3.28. The molecule has 776 valence electrons. The first-order valence-electron chi connectivity index (χ1n) is 49.7. The van der Waals surface area contributed by atoms with Gasteiger partial charge in [0.1, 0.15) is 72.8 Å². The van der Waals surface area contributed by atoms with E-state index in [1.165, 1.54) is 120 Å². The Morgan fingerprint density at radius 1 is 0.486 bits per heavy atom. The lowest BCUT2D eigenvalue weighted by atomic mass is 9.85. The summed E-state index contributed by atoms with van der Waals surface area (Å²) in [6, 6.07) is 3.84. The van der Waals surface area contributed by atoms with Crippen LogP contribution in [-0.2, 0) is 104 Å². The zero-order chi connectivity index (χ0) is 101. The minimum absolute atomic E-state index is 0.00946. The number of phenolic OH excluding ortho intramolecular Hbond substituents is 1. The molecule has 2 fully saturated rings. The standard InChI is InChI=1S/C97H162N20O21/c1-7-9-11-12-13-14-15-16-17-18-19-20-21-22-26-38-82(121)108-70-43-41-69(42-44-70)86(125)113-75(93(132)133)47-48-81(120)104-51-30-54-135-56-58-137-59-57-136-55-31-52-105-83(122)64-138-65-84(123)109-78(61-67-39-45-71(118)46-40-67)90(129)116-97(5,63-68-32-24-23-25-33-68)94(134)115-77(60-66(3)4)89(128)110-72(34-10-8-2)87(126)112-74(36-28-49-106-95(100)101)92(131)117-53-29-37-79(117)91(130)111-73(35-27-50-107-96(102)103-6)88(127)114-76(85(99)124)62-80(98)119/h23-25,32-33,39-40,45-46,66,69-70,72-79,118H,7-22,26-31,34-38,41-44,47-65H2,1-6H3,(H2,98,119)(H2,99,124)(H,104,120)(H,105,122)(H,108,121)(H,109,123)(H,110,128)(H,111,130)(H,112,126)(H,113,125)(H,114,127)(H,115,134)(H,116,129)(H,132,133)(H4,100,101,106)(H3,102,103,107)/t69?,70?,72-,73-,74-,75-,76-,77-,78-,79-,97-/m0/s1. The van der Waals surface area contributed by atoms with E-state index in [-0.39, 0.29) is 183 Å². The topological polar surface area (TPSA) is 636 Å². The van der Waals surface area contributed by atoms with Gasteiger partial charge >= 0.3 is 5.97 Å². The van der Waals surface area contributed by atoms with Gasteiger partial charge in [0.25, 0.3) is 0 Å². The molecule has 1 aliphatic carbocycles. The number of aromatic hydroxyl groups is 1. The van der Waals surface area contributed by atoms with Gasteiger partial charge < -0.3 is 127 Å². The number of aliphatic carboxylic acids is 1. The number of carbonyl (C=O) groups is 15.